The molecule has 0 saturated carbocycles. The van der Waals surface area contributed by atoms with Crippen LogP contribution in [0.3, 0.4) is 0 Å². The van der Waals surface area contributed by atoms with Crippen molar-refractivity contribution >= 4 is 121 Å². The maximum atomic E-state index is 6.56. The molecular formula is C62H53BN2O2S2. The highest BCUT2D eigenvalue weighted by atomic mass is 32.1. The molecule has 13 rings (SSSR count). The van der Waals surface area contributed by atoms with Crippen molar-refractivity contribution < 1.29 is 8.83 Å². The lowest BCUT2D eigenvalue weighted by molar-refractivity contribution is 0.590. The number of rotatable bonds is 4. The van der Waals surface area contributed by atoms with Crippen molar-refractivity contribution in [2.45, 2.75) is 78.6 Å². The monoisotopic (exact) mass is 932 g/mol. The van der Waals surface area contributed by atoms with Gasteiger partial charge >= 0.3 is 0 Å². The highest BCUT2D eigenvalue weighted by Gasteiger charge is 2.48. The summed E-state index contributed by atoms with van der Waals surface area (Å²) in [5.74, 6) is 1.73. The minimum Gasteiger partial charge on any atom is -0.456 e. The lowest BCUT2D eigenvalue weighted by atomic mass is 9.39. The third kappa shape index (κ3) is 6.68. The van der Waals surface area contributed by atoms with E-state index in [9.17, 15) is 0 Å². The molecule has 0 fully saturated rings. The first-order valence-corrected chi connectivity index (χ1v) is 25.8. The fourth-order valence-electron chi connectivity index (χ4n) is 10.7. The third-order valence-electron chi connectivity index (χ3n) is 14.5. The number of fused-ring (bicyclic) bond motifs is 10. The third-order valence-corrected chi connectivity index (χ3v) is 16.9. The molecule has 7 heteroatoms. The molecular weight excluding hydrogens is 880 g/mol. The molecule has 0 N–H and O–H groups in total. The van der Waals surface area contributed by atoms with E-state index < -0.39 is 0 Å². The van der Waals surface area contributed by atoms with Crippen LogP contribution < -0.4 is 24.8 Å². The second-order valence-electron chi connectivity index (χ2n) is 22.2. The normalized spacial score (nSPS) is 13.8. The Morgan fingerprint density at radius 3 is 1.28 bits per heavy atom. The first kappa shape index (κ1) is 42.3. The average molecular weight is 933 g/mol. The fourth-order valence-corrected chi connectivity index (χ4v) is 13.4. The molecule has 2 aliphatic heterocycles. The molecule has 0 aliphatic carbocycles. The summed E-state index contributed by atoms with van der Waals surface area (Å²) in [6.45, 7) is 21.0. The topological polar surface area (TPSA) is 32.8 Å². The molecule has 0 spiro atoms. The Morgan fingerprint density at radius 1 is 0.420 bits per heavy atom. The van der Waals surface area contributed by atoms with Gasteiger partial charge in [-0.3, -0.25) is 0 Å². The lowest BCUT2D eigenvalue weighted by Crippen LogP contribution is -2.59. The van der Waals surface area contributed by atoms with Crippen LogP contribution in [0.2, 0.25) is 0 Å². The lowest BCUT2D eigenvalue weighted by Gasteiger charge is -2.43. The SMILES string of the molecule is CC(C)(C)c1cc2c3c(c1)N(c1cccc(-c4cc5ccccc5o4)c1)c1c(sc4ccc(C(C)(C)C)cc14)B3c1sc3ccc(C(C)(C)C)cc3c1N2c1cccc(-c2cc3ccccc3o2)c1. The summed E-state index contributed by atoms with van der Waals surface area (Å²) in [4.78, 5) is 5.22. The first-order chi connectivity index (χ1) is 33.1. The minimum absolute atomic E-state index is 0.00426. The highest BCUT2D eigenvalue weighted by molar-refractivity contribution is 7.40. The standard InChI is InChI=1S/C62H53BN2O2S2/c1-60(2,3)40-24-26-53-45(32-40)56-58(68-53)63-55-47(64(56)43-20-14-18-36(28-43)51-30-38-16-10-12-22-49(38)66-51)34-42(62(7,8)9)35-48(55)65(57-46-33-41(61(4,5)6)25-27-54(46)69-59(57)63)44-21-15-19-37(29-44)52-31-39-17-11-13-23-50(39)67-52/h10-35H,1-9H3. The van der Waals surface area contributed by atoms with Gasteiger partial charge in [-0.25, -0.2) is 0 Å². The second-order valence-corrected chi connectivity index (χ2v) is 24.4. The van der Waals surface area contributed by atoms with Crippen LogP contribution in [-0.4, -0.2) is 6.71 Å². The molecule has 0 atom stereocenters. The molecule has 0 amide bonds. The Hall–Kier alpha value is -6.80. The van der Waals surface area contributed by atoms with E-state index in [0.717, 1.165) is 56.0 Å². The van der Waals surface area contributed by atoms with E-state index in [2.05, 4.69) is 218 Å². The van der Waals surface area contributed by atoms with E-state index in [1.54, 1.807) is 0 Å². The van der Waals surface area contributed by atoms with Crippen molar-refractivity contribution in [2.75, 3.05) is 9.80 Å². The Labute approximate surface area is 412 Å². The maximum Gasteiger partial charge on any atom is 0.277 e. The van der Waals surface area contributed by atoms with Crippen LogP contribution in [0, 0.1) is 0 Å². The molecule has 4 aromatic heterocycles. The first-order valence-electron chi connectivity index (χ1n) is 24.2. The predicted octanol–water partition coefficient (Wildman–Crippen LogP) is 16.9. The van der Waals surface area contributed by atoms with Gasteiger partial charge in [0, 0.05) is 74.4 Å². The Morgan fingerprint density at radius 2 is 0.855 bits per heavy atom. The number of furan rings is 2. The Kier molecular flexibility index (Phi) is 9.11. The van der Waals surface area contributed by atoms with Gasteiger partial charge in [-0.1, -0.05) is 135 Å². The molecule has 338 valence electrons. The maximum absolute atomic E-state index is 6.56. The summed E-state index contributed by atoms with van der Waals surface area (Å²) < 4.78 is 18.5. The second kappa shape index (κ2) is 14.9. The number of para-hydroxylation sites is 2. The van der Waals surface area contributed by atoms with E-state index in [4.69, 9.17) is 8.83 Å². The summed E-state index contributed by atoms with van der Waals surface area (Å²) in [6, 6.07) is 58.4. The van der Waals surface area contributed by atoms with E-state index in [1.807, 2.05) is 34.8 Å². The molecule has 0 unspecified atom stereocenters. The summed E-state index contributed by atoms with van der Waals surface area (Å²) >= 11 is 3.93. The van der Waals surface area contributed by atoms with Crippen LogP contribution in [-0.2, 0) is 16.2 Å². The van der Waals surface area contributed by atoms with E-state index in [-0.39, 0.29) is 23.0 Å². The van der Waals surface area contributed by atoms with Gasteiger partial charge < -0.3 is 18.6 Å². The van der Waals surface area contributed by atoms with Crippen molar-refractivity contribution in [3.63, 3.8) is 0 Å². The summed E-state index contributed by atoms with van der Waals surface area (Å²) in [5, 5.41) is 4.79. The van der Waals surface area contributed by atoms with Crippen LogP contribution in [0.25, 0.3) is 64.8 Å². The highest BCUT2D eigenvalue weighted by Crippen LogP contribution is 2.53. The van der Waals surface area contributed by atoms with Crippen molar-refractivity contribution in [1.29, 1.82) is 0 Å². The van der Waals surface area contributed by atoms with Crippen LogP contribution in [0.4, 0.5) is 34.1 Å². The van der Waals surface area contributed by atoms with Gasteiger partial charge in [-0.05, 0) is 123 Å². The molecule has 2 aliphatic rings. The average Bonchev–Trinajstić information content (AvgIpc) is 4.13. The van der Waals surface area contributed by atoms with Gasteiger partial charge in [0.05, 0.1) is 11.4 Å². The zero-order chi connectivity index (χ0) is 47.3. The van der Waals surface area contributed by atoms with Crippen molar-refractivity contribution in [3.8, 4) is 22.6 Å². The predicted molar refractivity (Wildman–Crippen MR) is 298 cm³/mol. The molecule has 0 bridgehead atoms. The van der Waals surface area contributed by atoms with E-state index >= 15 is 0 Å². The number of hydrogen-bond donors (Lipinski definition) is 0. The van der Waals surface area contributed by atoms with Crippen molar-refractivity contribution in [1.82, 2.24) is 0 Å². The number of hydrogen-bond acceptors (Lipinski definition) is 6. The summed E-state index contributed by atoms with van der Waals surface area (Å²) in [6.07, 6.45) is 0. The number of thiophene rings is 2. The minimum atomic E-state index is -0.169. The number of anilines is 6. The molecule has 0 saturated heterocycles. The molecule has 0 radical (unpaired) electrons. The Balaban J connectivity index is 1.14. The van der Waals surface area contributed by atoms with Crippen LogP contribution in [0.15, 0.2) is 167 Å². The van der Waals surface area contributed by atoms with Gasteiger partial charge in [0.1, 0.15) is 22.7 Å². The van der Waals surface area contributed by atoms with Gasteiger partial charge in [-0.2, -0.15) is 0 Å². The smallest absolute Gasteiger partial charge is 0.277 e. The van der Waals surface area contributed by atoms with Gasteiger partial charge in [0.15, 0.2) is 0 Å². The molecule has 7 aromatic carbocycles. The molecule has 69 heavy (non-hydrogen) atoms. The van der Waals surface area contributed by atoms with Gasteiger partial charge in [-0.15, -0.1) is 22.7 Å². The fraction of sp³-hybridized carbons (Fsp3) is 0.194. The van der Waals surface area contributed by atoms with Crippen LogP contribution >= 0.6 is 22.7 Å². The van der Waals surface area contributed by atoms with Crippen molar-refractivity contribution in [2.24, 2.45) is 0 Å². The number of benzene rings is 7. The summed E-state index contributed by atoms with van der Waals surface area (Å²) in [5.41, 5.74) is 16.1. The zero-order valence-corrected chi connectivity index (χ0v) is 42.2. The van der Waals surface area contributed by atoms with Gasteiger partial charge in [0.2, 0.25) is 0 Å². The molecule has 4 nitrogen and oxygen atoms in total. The quantitative estimate of drug-likeness (QED) is 0.165. The summed E-state index contributed by atoms with van der Waals surface area (Å²) in [7, 11) is 0. The van der Waals surface area contributed by atoms with Crippen LogP contribution in [0.5, 0.6) is 0 Å². The van der Waals surface area contributed by atoms with Crippen LogP contribution in [0.1, 0.15) is 79.0 Å². The largest absolute Gasteiger partial charge is 0.456 e. The Bertz CT molecular complexity index is 3590. The zero-order valence-electron chi connectivity index (χ0n) is 40.6. The molecule has 6 heterocycles. The van der Waals surface area contributed by atoms with Crippen molar-refractivity contribution in [3.05, 3.63) is 174 Å². The van der Waals surface area contributed by atoms with E-state index in [0.29, 0.717) is 0 Å². The number of nitrogens with zero attached hydrogens (tertiary/aromatic N) is 2. The molecule has 11 aromatic rings. The van der Waals surface area contributed by atoms with E-state index in [1.165, 1.54) is 74.6 Å². The van der Waals surface area contributed by atoms with Gasteiger partial charge in [0.25, 0.3) is 6.71 Å².